The molecule has 1 atom stereocenters. The first-order valence-electron chi connectivity index (χ1n) is 7.09. The van der Waals surface area contributed by atoms with Crippen LogP contribution in [-0.4, -0.2) is 5.11 Å². The molecule has 20 heavy (non-hydrogen) atoms. The average Bonchev–Trinajstić information content (AvgIpc) is 2.48. The van der Waals surface area contributed by atoms with Crippen LogP contribution in [0, 0.1) is 13.8 Å². The fourth-order valence-corrected chi connectivity index (χ4v) is 2.19. The van der Waals surface area contributed by atoms with Gasteiger partial charge in [0.25, 0.3) is 0 Å². The van der Waals surface area contributed by atoms with Crippen LogP contribution in [0.4, 0.5) is 0 Å². The second-order valence-electron chi connectivity index (χ2n) is 5.42. The van der Waals surface area contributed by atoms with E-state index in [0.29, 0.717) is 6.04 Å². The largest absolute Gasteiger partial charge is 0.392 e. The molecule has 0 bridgehead atoms. The zero-order valence-corrected chi connectivity index (χ0v) is 12.5. The Balaban J connectivity index is 1.96. The van der Waals surface area contributed by atoms with Crippen LogP contribution in [0.3, 0.4) is 0 Å². The third-order valence-corrected chi connectivity index (χ3v) is 3.85. The van der Waals surface area contributed by atoms with Gasteiger partial charge >= 0.3 is 0 Å². The molecule has 2 heteroatoms. The fourth-order valence-electron chi connectivity index (χ4n) is 2.19. The van der Waals surface area contributed by atoms with Crippen molar-refractivity contribution < 1.29 is 5.11 Å². The molecule has 0 aliphatic carbocycles. The highest BCUT2D eigenvalue weighted by atomic mass is 16.3. The first-order chi connectivity index (χ1) is 9.60. The van der Waals surface area contributed by atoms with Crippen molar-refractivity contribution in [2.24, 2.45) is 0 Å². The van der Waals surface area contributed by atoms with Crippen molar-refractivity contribution in [2.75, 3.05) is 0 Å². The number of aliphatic hydroxyl groups is 1. The van der Waals surface area contributed by atoms with E-state index in [9.17, 15) is 0 Å². The molecule has 0 heterocycles. The van der Waals surface area contributed by atoms with Crippen LogP contribution in [-0.2, 0) is 13.2 Å². The summed E-state index contributed by atoms with van der Waals surface area (Å²) in [5.41, 5.74) is 6.18. The third-order valence-electron chi connectivity index (χ3n) is 3.85. The van der Waals surface area contributed by atoms with E-state index < -0.39 is 0 Å². The maximum Gasteiger partial charge on any atom is 0.0681 e. The highest BCUT2D eigenvalue weighted by molar-refractivity contribution is 5.31. The van der Waals surface area contributed by atoms with Gasteiger partial charge in [0.2, 0.25) is 0 Å². The molecule has 2 rings (SSSR count). The monoisotopic (exact) mass is 269 g/mol. The molecule has 0 amide bonds. The quantitative estimate of drug-likeness (QED) is 0.868. The molecular formula is C18H23NO. The van der Waals surface area contributed by atoms with Gasteiger partial charge in [-0.2, -0.15) is 0 Å². The van der Waals surface area contributed by atoms with E-state index in [4.69, 9.17) is 5.11 Å². The molecule has 0 radical (unpaired) electrons. The van der Waals surface area contributed by atoms with Crippen LogP contribution < -0.4 is 5.32 Å². The average molecular weight is 269 g/mol. The zero-order chi connectivity index (χ0) is 14.5. The molecule has 0 aliphatic heterocycles. The predicted molar refractivity (Wildman–Crippen MR) is 83.5 cm³/mol. The van der Waals surface area contributed by atoms with E-state index in [-0.39, 0.29) is 6.61 Å². The van der Waals surface area contributed by atoms with Crippen molar-refractivity contribution in [1.82, 2.24) is 5.32 Å². The van der Waals surface area contributed by atoms with Crippen LogP contribution >= 0.6 is 0 Å². The fraction of sp³-hybridized carbons (Fsp3) is 0.333. The Bertz CT molecular complexity index is 560. The van der Waals surface area contributed by atoms with Gasteiger partial charge in [0.05, 0.1) is 6.61 Å². The van der Waals surface area contributed by atoms with E-state index >= 15 is 0 Å². The molecule has 0 fully saturated rings. The molecule has 0 aromatic heterocycles. The van der Waals surface area contributed by atoms with Crippen molar-refractivity contribution >= 4 is 0 Å². The lowest BCUT2D eigenvalue weighted by Gasteiger charge is -2.16. The summed E-state index contributed by atoms with van der Waals surface area (Å²) in [6.07, 6.45) is 0. The summed E-state index contributed by atoms with van der Waals surface area (Å²) >= 11 is 0. The van der Waals surface area contributed by atoms with Gasteiger partial charge in [-0.05, 0) is 48.6 Å². The van der Waals surface area contributed by atoms with E-state index in [0.717, 1.165) is 12.1 Å². The first-order valence-corrected chi connectivity index (χ1v) is 7.09. The number of aliphatic hydroxyl groups excluding tert-OH is 1. The van der Waals surface area contributed by atoms with Gasteiger partial charge < -0.3 is 10.4 Å². The number of rotatable bonds is 5. The molecular weight excluding hydrogens is 246 g/mol. The van der Waals surface area contributed by atoms with Gasteiger partial charge in [0.15, 0.2) is 0 Å². The highest BCUT2D eigenvalue weighted by Crippen LogP contribution is 2.17. The summed E-state index contributed by atoms with van der Waals surface area (Å²) in [6.45, 7) is 7.41. The lowest BCUT2D eigenvalue weighted by atomic mass is 10.0. The molecule has 0 aliphatic rings. The summed E-state index contributed by atoms with van der Waals surface area (Å²) < 4.78 is 0. The molecule has 0 spiro atoms. The third kappa shape index (κ3) is 3.69. The summed E-state index contributed by atoms with van der Waals surface area (Å²) in [5.74, 6) is 0. The van der Waals surface area contributed by atoms with Gasteiger partial charge in [-0.1, -0.05) is 42.5 Å². The summed E-state index contributed by atoms with van der Waals surface area (Å²) in [7, 11) is 0. The molecule has 1 unspecified atom stereocenters. The van der Waals surface area contributed by atoms with Crippen molar-refractivity contribution in [3.63, 3.8) is 0 Å². The Kier molecular flexibility index (Phi) is 4.94. The van der Waals surface area contributed by atoms with Crippen LogP contribution in [0.1, 0.15) is 40.8 Å². The van der Waals surface area contributed by atoms with Crippen LogP contribution in [0.5, 0.6) is 0 Å². The van der Waals surface area contributed by atoms with E-state index in [1.807, 2.05) is 12.1 Å². The number of hydrogen-bond acceptors (Lipinski definition) is 2. The molecule has 2 aromatic carbocycles. The Morgan fingerprint density at radius 2 is 1.60 bits per heavy atom. The second-order valence-corrected chi connectivity index (χ2v) is 5.42. The number of aryl methyl sites for hydroxylation is 2. The van der Waals surface area contributed by atoms with Crippen molar-refractivity contribution in [1.29, 1.82) is 0 Å². The Labute approximate surface area is 121 Å². The topological polar surface area (TPSA) is 32.3 Å². The Morgan fingerprint density at radius 1 is 0.950 bits per heavy atom. The Hall–Kier alpha value is -1.64. The SMILES string of the molecule is Cc1ccc(C(C)NCc2ccc(CO)cc2)cc1C. The molecule has 0 saturated carbocycles. The van der Waals surface area contributed by atoms with Crippen molar-refractivity contribution in [3.8, 4) is 0 Å². The second kappa shape index (κ2) is 6.69. The van der Waals surface area contributed by atoms with Crippen LogP contribution in [0.15, 0.2) is 42.5 Å². The zero-order valence-electron chi connectivity index (χ0n) is 12.5. The van der Waals surface area contributed by atoms with Crippen molar-refractivity contribution in [3.05, 3.63) is 70.3 Å². The van der Waals surface area contributed by atoms with Gasteiger partial charge in [-0.15, -0.1) is 0 Å². The summed E-state index contributed by atoms with van der Waals surface area (Å²) in [5, 5.41) is 12.6. The van der Waals surface area contributed by atoms with E-state index in [1.165, 1.54) is 22.3 Å². The minimum absolute atomic E-state index is 0.104. The molecule has 2 nitrogen and oxygen atoms in total. The minimum Gasteiger partial charge on any atom is -0.392 e. The van der Waals surface area contributed by atoms with Crippen molar-refractivity contribution in [2.45, 2.75) is 40.0 Å². The van der Waals surface area contributed by atoms with Gasteiger partial charge in [-0.25, -0.2) is 0 Å². The van der Waals surface area contributed by atoms with E-state index in [2.05, 4.69) is 56.4 Å². The summed E-state index contributed by atoms with van der Waals surface area (Å²) in [6, 6.07) is 15.0. The standard InChI is InChI=1S/C18H23NO/c1-13-4-9-18(10-14(13)2)15(3)19-11-16-5-7-17(12-20)8-6-16/h4-10,15,19-20H,11-12H2,1-3H3. The molecule has 2 N–H and O–H groups in total. The molecule has 106 valence electrons. The highest BCUT2D eigenvalue weighted by Gasteiger charge is 2.06. The lowest BCUT2D eigenvalue weighted by Crippen LogP contribution is -2.18. The first kappa shape index (κ1) is 14.8. The Morgan fingerprint density at radius 3 is 2.20 bits per heavy atom. The maximum atomic E-state index is 9.03. The predicted octanol–water partition coefficient (Wildman–Crippen LogP) is 3.65. The van der Waals surface area contributed by atoms with Crippen LogP contribution in [0.25, 0.3) is 0 Å². The lowest BCUT2D eigenvalue weighted by molar-refractivity contribution is 0.282. The number of hydrogen-bond donors (Lipinski definition) is 2. The van der Waals surface area contributed by atoms with Gasteiger partial charge in [-0.3, -0.25) is 0 Å². The van der Waals surface area contributed by atoms with Gasteiger partial charge in [0.1, 0.15) is 0 Å². The molecule has 0 saturated heterocycles. The van der Waals surface area contributed by atoms with Gasteiger partial charge in [0, 0.05) is 12.6 Å². The number of nitrogens with one attached hydrogen (secondary N) is 1. The molecule has 2 aromatic rings. The normalized spacial score (nSPS) is 12.4. The van der Waals surface area contributed by atoms with E-state index in [1.54, 1.807) is 0 Å². The minimum atomic E-state index is 0.104. The maximum absolute atomic E-state index is 9.03. The van der Waals surface area contributed by atoms with Crippen LogP contribution in [0.2, 0.25) is 0 Å². The number of benzene rings is 2. The smallest absolute Gasteiger partial charge is 0.0681 e. The summed E-state index contributed by atoms with van der Waals surface area (Å²) in [4.78, 5) is 0.